The van der Waals surface area contributed by atoms with E-state index in [1.165, 1.54) is 6.26 Å². The highest BCUT2D eigenvalue weighted by Crippen LogP contribution is 2.03. The van der Waals surface area contributed by atoms with E-state index in [9.17, 15) is 18.0 Å². The van der Waals surface area contributed by atoms with Gasteiger partial charge in [-0.1, -0.05) is 0 Å². The summed E-state index contributed by atoms with van der Waals surface area (Å²) < 4.78 is 35.8. The van der Waals surface area contributed by atoms with E-state index in [4.69, 9.17) is 13.7 Å². The molecule has 0 aromatic rings. The third-order valence-electron chi connectivity index (χ3n) is 1.96. The van der Waals surface area contributed by atoms with Crippen LogP contribution >= 0.6 is 0 Å². The van der Waals surface area contributed by atoms with Crippen molar-refractivity contribution in [2.24, 2.45) is 0 Å². The second-order valence-electron chi connectivity index (χ2n) is 3.76. The van der Waals surface area contributed by atoms with Crippen molar-refractivity contribution in [3.8, 4) is 0 Å². The van der Waals surface area contributed by atoms with Crippen LogP contribution in [0.2, 0.25) is 0 Å². The molecule has 0 aliphatic carbocycles. The summed E-state index contributed by atoms with van der Waals surface area (Å²) in [5.74, 6) is -1.31. The van der Waals surface area contributed by atoms with Crippen molar-refractivity contribution in [1.29, 1.82) is 0 Å². The molecule has 0 N–H and O–H groups in total. The standard InChI is InChI=1S/C11H20O7S2/c1-3-18-20(15)9-17-11(13)7-5-4-6-10(12)16-8-19(2)14/h3-9H2,1-2H3. The average Bonchev–Trinajstić information content (AvgIpc) is 2.39. The van der Waals surface area contributed by atoms with Gasteiger partial charge in [-0.3, -0.25) is 18.0 Å². The Morgan fingerprint density at radius 2 is 1.45 bits per heavy atom. The molecule has 0 bridgehead atoms. The molecule has 2 unspecified atom stereocenters. The molecule has 0 rings (SSSR count). The lowest BCUT2D eigenvalue weighted by molar-refractivity contribution is -0.143. The predicted octanol–water partition coefficient (Wildman–Crippen LogP) is 0.627. The molecular formula is C11H20O7S2. The maximum atomic E-state index is 11.2. The fourth-order valence-electron chi connectivity index (χ4n) is 1.11. The first-order chi connectivity index (χ1) is 9.45. The molecular weight excluding hydrogens is 308 g/mol. The highest BCUT2D eigenvalue weighted by molar-refractivity contribution is 7.84. The van der Waals surface area contributed by atoms with Crippen molar-refractivity contribution in [2.45, 2.75) is 32.6 Å². The van der Waals surface area contributed by atoms with Gasteiger partial charge in [-0.2, -0.15) is 0 Å². The quantitative estimate of drug-likeness (QED) is 0.405. The molecule has 2 atom stereocenters. The summed E-state index contributed by atoms with van der Waals surface area (Å²) >= 11 is -1.61. The van der Waals surface area contributed by atoms with Crippen molar-refractivity contribution in [1.82, 2.24) is 0 Å². The first-order valence-corrected chi connectivity index (χ1v) is 9.05. The van der Waals surface area contributed by atoms with Crippen molar-refractivity contribution < 1.29 is 31.7 Å². The van der Waals surface area contributed by atoms with Crippen LogP contribution in [0.4, 0.5) is 0 Å². The van der Waals surface area contributed by atoms with Crippen LogP contribution in [-0.2, 0) is 45.1 Å². The highest BCUT2D eigenvalue weighted by Gasteiger charge is 2.08. The molecule has 0 spiro atoms. The van der Waals surface area contributed by atoms with Gasteiger partial charge in [-0.05, 0) is 19.8 Å². The predicted molar refractivity (Wildman–Crippen MR) is 74.2 cm³/mol. The van der Waals surface area contributed by atoms with Crippen molar-refractivity contribution in [3.05, 3.63) is 0 Å². The monoisotopic (exact) mass is 328 g/mol. The van der Waals surface area contributed by atoms with Crippen molar-refractivity contribution in [2.75, 3.05) is 24.7 Å². The number of rotatable bonds is 11. The molecule has 9 heteroatoms. The van der Waals surface area contributed by atoms with Gasteiger partial charge in [0.1, 0.15) is 0 Å². The average molecular weight is 328 g/mol. The molecule has 0 saturated heterocycles. The SMILES string of the molecule is CCOS(=O)COC(=O)CCCCC(=O)OCS(C)=O. The van der Waals surface area contributed by atoms with Crippen molar-refractivity contribution >= 4 is 33.8 Å². The summed E-state index contributed by atoms with van der Waals surface area (Å²) in [5, 5.41) is 0. The lowest BCUT2D eigenvalue weighted by Gasteiger charge is -2.04. The summed E-state index contributed by atoms with van der Waals surface area (Å²) in [7, 11) is -1.17. The summed E-state index contributed by atoms with van der Waals surface area (Å²) in [5.41, 5.74) is 0. The van der Waals surface area contributed by atoms with E-state index < -0.39 is 33.8 Å². The third kappa shape index (κ3) is 12.2. The van der Waals surface area contributed by atoms with E-state index in [-0.39, 0.29) is 31.3 Å². The minimum atomic E-state index is -1.61. The Morgan fingerprint density at radius 3 is 1.90 bits per heavy atom. The molecule has 0 fully saturated rings. The van der Waals surface area contributed by atoms with Crippen LogP contribution < -0.4 is 0 Å². The first-order valence-electron chi connectivity index (χ1n) is 6.08. The van der Waals surface area contributed by atoms with Gasteiger partial charge in [-0.25, -0.2) is 4.21 Å². The normalized spacial score (nSPS) is 13.5. The lowest BCUT2D eigenvalue weighted by atomic mass is 10.2. The molecule has 0 amide bonds. The molecule has 7 nitrogen and oxygen atoms in total. The zero-order chi connectivity index (χ0) is 15.4. The largest absolute Gasteiger partial charge is 0.452 e. The number of esters is 2. The second kappa shape index (κ2) is 12.0. The molecule has 118 valence electrons. The molecule has 0 aromatic heterocycles. The van der Waals surface area contributed by atoms with Gasteiger partial charge in [0.15, 0.2) is 23.0 Å². The maximum Gasteiger partial charge on any atom is 0.306 e. The minimum absolute atomic E-state index is 0.107. The summed E-state index contributed by atoms with van der Waals surface area (Å²) in [4.78, 5) is 22.4. The van der Waals surface area contributed by atoms with Gasteiger partial charge >= 0.3 is 11.9 Å². The number of hydrogen-bond donors (Lipinski definition) is 0. The van der Waals surface area contributed by atoms with E-state index in [0.29, 0.717) is 12.8 Å². The van der Waals surface area contributed by atoms with Gasteiger partial charge in [0.25, 0.3) is 0 Å². The van der Waals surface area contributed by atoms with E-state index in [0.717, 1.165) is 0 Å². The second-order valence-corrected chi connectivity index (χ2v) is 6.22. The zero-order valence-electron chi connectivity index (χ0n) is 11.6. The van der Waals surface area contributed by atoms with Crippen molar-refractivity contribution in [3.63, 3.8) is 0 Å². The molecule has 0 saturated carbocycles. The van der Waals surface area contributed by atoms with Gasteiger partial charge < -0.3 is 9.47 Å². The number of ether oxygens (including phenoxy) is 2. The summed E-state index contributed by atoms with van der Waals surface area (Å²) in [6.45, 7) is 1.97. The van der Waals surface area contributed by atoms with E-state index in [1.807, 2.05) is 0 Å². The van der Waals surface area contributed by atoms with E-state index in [1.54, 1.807) is 6.92 Å². The molecule has 0 radical (unpaired) electrons. The van der Waals surface area contributed by atoms with Crippen LogP contribution in [-0.4, -0.2) is 45.1 Å². The van der Waals surface area contributed by atoms with Crippen LogP contribution in [0.1, 0.15) is 32.6 Å². The number of unbranched alkanes of at least 4 members (excludes halogenated alkanes) is 1. The van der Waals surface area contributed by atoms with Crippen LogP contribution in [0.5, 0.6) is 0 Å². The lowest BCUT2D eigenvalue weighted by Crippen LogP contribution is -2.12. The Morgan fingerprint density at radius 1 is 0.950 bits per heavy atom. The highest BCUT2D eigenvalue weighted by atomic mass is 32.2. The van der Waals surface area contributed by atoms with Crippen LogP contribution in [0.25, 0.3) is 0 Å². The zero-order valence-corrected chi connectivity index (χ0v) is 13.3. The Balaban J connectivity index is 3.54. The number of hydrogen-bond acceptors (Lipinski definition) is 7. The van der Waals surface area contributed by atoms with Crippen LogP contribution in [0.3, 0.4) is 0 Å². The van der Waals surface area contributed by atoms with Gasteiger partial charge in [-0.15, -0.1) is 0 Å². The summed E-state index contributed by atoms with van der Waals surface area (Å²) in [6, 6.07) is 0. The Labute approximate surface area is 123 Å². The Hall–Kier alpha value is -0.800. The van der Waals surface area contributed by atoms with Gasteiger partial charge in [0, 0.05) is 19.1 Å². The molecule has 0 aromatic carbocycles. The molecule has 0 heterocycles. The van der Waals surface area contributed by atoms with Crippen LogP contribution in [0.15, 0.2) is 0 Å². The van der Waals surface area contributed by atoms with Gasteiger partial charge in [0.2, 0.25) is 0 Å². The van der Waals surface area contributed by atoms with E-state index >= 15 is 0 Å². The smallest absolute Gasteiger partial charge is 0.306 e. The van der Waals surface area contributed by atoms with Crippen LogP contribution in [0, 0.1) is 0 Å². The number of carbonyl (C=O) groups is 2. The fourth-order valence-corrected chi connectivity index (χ4v) is 1.97. The van der Waals surface area contributed by atoms with Gasteiger partial charge in [0.05, 0.1) is 17.4 Å². The topological polar surface area (TPSA) is 96.0 Å². The minimum Gasteiger partial charge on any atom is -0.452 e. The maximum absolute atomic E-state index is 11.2. The first kappa shape index (κ1) is 19.2. The number of carbonyl (C=O) groups excluding carboxylic acids is 2. The Kier molecular flexibility index (Phi) is 11.5. The Bertz CT molecular complexity index is 357. The van der Waals surface area contributed by atoms with E-state index in [2.05, 4.69) is 0 Å². The third-order valence-corrected chi connectivity index (χ3v) is 3.22. The fraction of sp³-hybridized carbons (Fsp3) is 0.818. The molecule has 0 aliphatic rings. The molecule has 0 aliphatic heterocycles. The molecule has 20 heavy (non-hydrogen) atoms. The summed E-state index contributed by atoms with van der Waals surface area (Å²) in [6.07, 6.45) is 2.67.